The van der Waals surface area contributed by atoms with Crippen molar-refractivity contribution in [3.63, 3.8) is 0 Å². The van der Waals surface area contributed by atoms with Gasteiger partial charge in [-0.25, -0.2) is 8.48 Å². The Labute approximate surface area is 118 Å². The molecule has 0 bridgehead atoms. The van der Waals surface area contributed by atoms with Gasteiger partial charge in [-0.3, -0.25) is 4.79 Å². The highest BCUT2D eigenvalue weighted by Crippen LogP contribution is 2.18. The molecular formula is C11H8FN5O2S. The number of ether oxygens (including phenoxy) is 1. The lowest BCUT2D eigenvalue weighted by molar-refractivity contribution is 0.0997. The monoisotopic (exact) mass is 293 g/mol. The van der Waals surface area contributed by atoms with Crippen molar-refractivity contribution in [3.05, 3.63) is 57.8 Å². The van der Waals surface area contributed by atoms with Crippen LogP contribution in [0.3, 0.4) is 0 Å². The molecule has 102 valence electrons. The Bertz CT molecular complexity index is 696. The first-order valence-corrected chi connectivity index (χ1v) is 5.76. The standard InChI is InChI=1S/C11H8FN5O2S/c12-9-3-1-2-7(11(18)14-16-13)8(9)6-19-10-4-5-17(20)15-10/h1-5,20H,6H2. The quantitative estimate of drug-likeness (QED) is 0.406. The molecule has 1 heterocycles. The number of carbonyl (C=O) groups excluding carboxylic acids is 1. The van der Waals surface area contributed by atoms with Gasteiger partial charge >= 0.3 is 0 Å². The Balaban J connectivity index is 2.25. The van der Waals surface area contributed by atoms with Gasteiger partial charge in [0, 0.05) is 28.3 Å². The highest BCUT2D eigenvalue weighted by atomic mass is 32.1. The molecule has 0 aliphatic carbocycles. The van der Waals surface area contributed by atoms with Crippen molar-refractivity contribution in [1.29, 1.82) is 0 Å². The summed E-state index contributed by atoms with van der Waals surface area (Å²) in [6.07, 6.45) is 1.53. The van der Waals surface area contributed by atoms with E-state index in [1.54, 1.807) is 0 Å². The minimum atomic E-state index is -0.870. The fourth-order valence-corrected chi connectivity index (χ4v) is 1.68. The van der Waals surface area contributed by atoms with E-state index >= 15 is 0 Å². The lowest BCUT2D eigenvalue weighted by atomic mass is 10.1. The number of amides is 1. The van der Waals surface area contributed by atoms with Crippen LogP contribution in [-0.2, 0) is 6.61 Å². The van der Waals surface area contributed by atoms with Crippen LogP contribution in [0.4, 0.5) is 4.39 Å². The van der Waals surface area contributed by atoms with Crippen LogP contribution in [0.25, 0.3) is 10.4 Å². The molecular weight excluding hydrogens is 285 g/mol. The first kappa shape index (κ1) is 13.9. The summed E-state index contributed by atoms with van der Waals surface area (Å²) in [6, 6.07) is 5.42. The van der Waals surface area contributed by atoms with Gasteiger partial charge in [-0.2, -0.15) is 0 Å². The fourth-order valence-electron chi connectivity index (χ4n) is 1.52. The van der Waals surface area contributed by atoms with Crippen molar-refractivity contribution in [1.82, 2.24) is 9.19 Å². The second-order valence-corrected chi connectivity index (χ2v) is 4.03. The molecule has 0 unspecified atom stereocenters. The second-order valence-electron chi connectivity index (χ2n) is 3.62. The van der Waals surface area contributed by atoms with E-state index in [9.17, 15) is 9.18 Å². The number of hydrogen-bond acceptors (Lipinski definition) is 4. The van der Waals surface area contributed by atoms with Gasteiger partial charge in [-0.05, 0) is 29.5 Å². The Morgan fingerprint density at radius 3 is 3.00 bits per heavy atom. The third-order valence-electron chi connectivity index (χ3n) is 2.40. The van der Waals surface area contributed by atoms with Crippen LogP contribution < -0.4 is 4.74 Å². The van der Waals surface area contributed by atoms with Crippen LogP contribution >= 0.6 is 12.8 Å². The molecule has 0 aliphatic heterocycles. The van der Waals surface area contributed by atoms with E-state index in [-0.39, 0.29) is 23.6 Å². The molecule has 0 saturated heterocycles. The summed E-state index contributed by atoms with van der Waals surface area (Å²) in [5, 5.41) is 6.78. The Morgan fingerprint density at radius 2 is 2.35 bits per heavy atom. The maximum absolute atomic E-state index is 13.8. The van der Waals surface area contributed by atoms with E-state index in [1.807, 2.05) is 0 Å². The second kappa shape index (κ2) is 6.09. The molecule has 0 N–H and O–H groups in total. The minimum absolute atomic E-state index is 0.00128. The van der Waals surface area contributed by atoms with Gasteiger partial charge in [0.15, 0.2) is 0 Å². The zero-order valence-corrected chi connectivity index (χ0v) is 10.9. The maximum Gasteiger partial charge on any atom is 0.249 e. The number of hydrogen-bond donors (Lipinski definition) is 1. The summed E-state index contributed by atoms with van der Waals surface area (Å²) >= 11 is 3.93. The lowest BCUT2D eigenvalue weighted by Gasteiger charge is -2.08. The first-order valence-electron chi connectivity index (χ1n) is 5.36. The summed E-state index contributed by atoms with van der Waals surface area (Å²) in [7, 11) is 0. The van der Waals surface area contributed by atoms with Crippen molar-refractivity contribution in [2.75, 3.05) is 0 Å². The van der Waals surface area contributed by atoms with Gasteiger partial charge < -0.3 is 4.74 Å². The van der Waals surface area contributed by atoms with Crippen molar-refractivity contribution < 1.29 is 13.9 Å². The molecule has 20 heavy (non-hydrogen) atoms. The summed E-state index contributed by atoms with van der Waals surface area (Å²) in [5.74, 6) is -1.27. The maximum atomic E-state index is 13.8. The number of benzene rings is 1. The lowest BCUT2D eigenvalue weighted by Crippen LogP contribution is -2.07. The number of rotatable bonds is 4. The van der Waals surface area contributed by atoms with Crippen LogP contribution in [-0.4, -0.2) is 15.1 Å². The average molecular weight is 293 g/mol. The molecule has 0 aliphatic rings. The molecule has 9 heteroatoms. The third-order valence-corrected chi connectivity index (χ3v) is 2.62. The van der Waals surface area contributed by atoms with E-state index in [0.717, 1.165) is 0 Å². The van der Waals surface area contributed by atoms with E-state index in [4.69, 9.17) is 10.3 Å². The van der Waals surface area contributed by atoms with Crippen LogP contribution in [0.1, 0.15) is 15.9 Å². The summed E-state index contributed by atoms with van der Waals surface area (Å²) in [4.78, 5) is 13.9. The highest BCUT2D eigenvalue weighted by molar-refractivity contribution is 7.78. The molecule has 1 amide bonds. The molecule has 1 aromatic heterocycles. The Hall–Kier alpha value is -2.51. The van der Waals surface area contributed by atoms with Gasteiger partial charge in [0.2, 0.25) is 11.8 Å². The van der Waals surface area contributed by atoms with Crippen LogP contribution in [0.5, 0.6) is 5.88 Å². The van der Waals surface area contributed by atoms with Crippen molar-refractivity contribution in [2.24, 2.45) is 5.11 Å². The Kier molecular flexibility index (Phi) is 4.24. The van der Waals surface area contributed by atoms with Crippen LogP contribution in [0, 0.1) is 5.82 Å². The van der Waals surface area contributed by atoms with Gasteiger partial charge in [-0.1, -0.05) is 12.1 Å². The van der Waals surface area contributed by atoms with E-state index in [2.05, 4.69) is 27.9 Å². The average Bonchev–Trinajstić information content (AvgIpc) is 2.83. The number of carbonyl (C=O) groups is 1. The molecule has 0 fully saturated rings. The SMILES string of the molecule is [N-]=[N+]=NC(=O)c1cccc(F)c1COc1ccn(S)n1. The van der Waals surface area contributed by atoms with E-state index in [0.29, 0.717) is 0 Å². The van der Waals surface area contributed by atoms with Crippen LogP contribution in [0.2, 0.25) is 0 Å². The smallest absolute Gasteiger partial charge is 0.249 e. The number of halogens is 1. The van der Waals surface area contributed by atoms with Gasteiger partial charge in [-0.15, -0.1) is 5.10 Å². The predicted octanol–water partition coefficient (Wildman–Crippen LogP) is 2.74. The predicted molar refractivity (Wildman–Crippen MR) is 70.8 cm³/mol. The first-order chi connectivity index (χ1) is 9.61. The molecule has 7 nitrogen and oxygen atoms in total. The van der Waals surface area contributed by atoms with Crippen molar-refractivity contribution >= 4 is 18.7 Å². The molecule has 0 atom stereocenters. The minimum Gasteiger partial charge on any atom is -0.472 e. The summed E-state index contributed by atoms with van der Waals surface area (Å²) < 4.78 is 20.2. The van der Waals surface area contributed by atoms with Gasteiger partial charge in [0.1, 0.15) is 12.4 Å². The zero-order chi connectivity index (χ0) is 14.5. The number of aromatic nitrogens is 2. The highest BCUT2D eigenvalue weighted by Gasteiger charge is 2.15. The van der Waals surface area contributed by atoms with Gasteiger partial charge in [0.25, 0.3) is 0 Å². The fraction of sp³-hybridized carbons (Fsp3) is 0.0909. The molecule has 0 radical (unpaired) electrons. The third kappa shape index (κ3) is 3.08. The molecule has 0 saturated carbocycles. The van der Waals surface area contributed by atoms with Gasteiger partial charge in [0.05, 0.1) is 0 Å². The molecule has 2 rings (SSSR count). The van der Waals surface area contributed by atoms with E-state index in [1.165, 1.54) is 34.5 Å². The van der Waals surface area contributed by atoms with Crippen LogP contribution in [0.15, 0.2) is 35.6 Å². The topological polar surface area (TPSA) is 92.9 Å². The zero-order valence-electron chi connectivity index (χ0n) is 9.97. The number of azide groups is 1. The van der Waals surface area contributed by atoms with E-state index < -0.39 is 11.7 Å². The Morgan fingerprint density at radius 1 is 1.55 bits per heavy atom. The summed E-state index contributed by atoms with van der Waals surface area (Å²) in [6.45, 7) is -0.223. The summed E-state index contributed by atoms with van der Waals surface area (Å²) in [5.41, 5.74) is 8.21. The molecule has 1 aromatic carbocycles. The number of thiol groups is 1. The molecule has 0 spiro atoms. The number of nitrogens with zero attached hydrogens (tertiary/aromatic N) is 5. The largest absolute Gasteiger partial charge is 0.472 e. The van der Waals surface area contributed by atoms with Crippen molar-refractivity contribution in [2.45, 2.75) is 6.61 Å². The normalized spacial score (nSPS) is 9.90. The van der Waals surface area contributed by atoms with Crippen molar-refractivity contribution in [3.8, 4) is 5.88 Å². The molecule has 2 aromatic rings.